The molecule has 0 aliphatic heterocycles. The van der Waals surface area contributed by atoms with Gasteiger partial charge in [0, 0.05) is 23.4 Å². The van der Waals surface area contributed by atoms with Gasteiger partial charge in [0.2, 0.25) is 11.5 Å². The fraction of sp³-hybridized carbons (Fsp3) is 0.217. The maximum Gasteiger partial charge on any atom is 0.416 e. The summed E-state index contributed by atoms with van der Waals surface area (Å²) < 4.78 is 64.6. The Morgan fingerprint density at radius 1 is 0.941 bits per heavy atom. The highest BCUT2D eigenvalue weighted by atomic mass is 19.4. The van der Waals surface area contributed by atoms with Crippen molar-refractivity contribution in [1.29, 1.82) is 0 Å². The summed E-state index contributed by atoms with van der Waals surface area (Å²) in [5.74, 6) is -0.888. The van der Waals surface area contributed by atoms with E-state index in [0.717, 1.165) is 12.1 Å². The minimum absolute atomic E-state index is 0.0416. The van der Waals surface area contributed by atoms with Crippen LogP contribution in [0.1, 0.15) is 16.1 Å². The van der Waals surface area contributed by atoms with E-state index >= 15 is 0 Å². The third-order valence-corrected chi connectivity index (χ3v) is 4.56. The smallest absolute Gasteiger partial charge is 0.416 e. The molecule has 180 valence electrons. The molecule has 0 saturated carbocycles. The summed E-state index contributed by atoms with van der Waals surface area (Å²) in [5.41, 5.74) is -0.414. The number of amides is 1. The molecular formula is C23H20F3NO7. The zero-order chi connectivity index (χ0) is 24.9. The summed E-state index contributed by atoms with van der Waals surface area (Å²) in [7, 11) is 4.27. The summed E-state index contributed by atoms with van der Waals surface area (Å²) in [4.78, 5) is 24.4. The minimum Gasteiger partial charge on any atom is -0.493 e. The first-order valence-electron chi connectivity index (χ1n) is 9.70. The number of furan rings is 1. The second kappa shape index (κ2) is 10.2. The van der Waals surface area contributed by atoms with Crippen LogP contribution in [0.15, 0.2) is 52.9 Å². The molecule has 0 bridgehead atoms. The largest absolute Gasteiger partial charge is 0.493 e. The third-order valence-electron chi connectivity index (χ3n) is 4.56. The topological polar surface area (TPSA) is 96.2 Å². The second-order valence-corrected chi connectivity index (χ2v) is 6.78. The molecule has 8 nitrogen and oxygen atoms in total. The van der Waals surface area contributed by atoms with Crippen LogP contribution in [-0.2, 0) is 15.7 Å². The van der Waals surface area contributed by atoms with Crippen molar-refractivity contribution in [2.24, 2.45) is 0 Å². The minimum atomic E-state index is -4.52. The Bertz CT molecular complexity index is 1160. The number of benzene rings is 2. The third kappa shape index (κ3) is 5.61. The van der Waals surface area contributed by atoms with Crippen molar-refractivity contribution in [1.82, 2.24) is 0 Å². The van der Waals surface area contributed by atoms with Crippen molar-refractivity contribution < 1.29 is 46.1 Å². The first-order chi connectivity index (χ1) is 16.2. The molecule has 1 aromatic heterocycles. The van der Waals surface area contributed by atoms with Crippen LogP contribution in [0.2, 0.25) is 0 Å². The van der Waals surface area contributed by atoms with Gasteiger partial charge in [0.25, 0.3) is 5.91 Å². The van der Waals surface area contributed by atoms with E-state index in [1.54, 1.807) is 0 Å². The van der Waals surface area contributed by atoms with Gasteiger partial charge in [-0.05, 0) is 24.3 Å². The van der Waals surface area contributed by atoms with E-state index in [1.165, 1.54) is 57.7 Å². The van der Waals surface area contributed by atoms with Crippen LogP contribution in [0.3, 0.4) is 0 Å². The number of anilines is 1. The van der Waals surface area contributed by atoms with Gasteiger partial charge >= 0.3 is 12.1 Å². The Kier molecular flexibility index (Phi) is 7.34. The Labute approximate surface area is 192 Å². The number of rotatable bonds is 8. The number of methoxy groups -OCH3 is 3. The lowest BCUT2D eigenvalue weighted by Crippen LogP contribution is -2.20. The van der Waals surface area contributed by atoms with Gasteiger partial charge in [0.15, 0.2) is 18.1 Å². The predicted octanol–water partition coefficient (Wildman–Crippen LogP) is 4.79. The highest BCUT2D eigenvalue weighted by molar-refractivity contribution is 5.95. The highest BCUT2D eigenvalue weighted by Gasteiger charge is 2.30. The van der Waals surface area contributed by atoms with E-state index < -0.39 is 30.2 Å². The zero-order valence-corrected chi connectivity index (χ0v) is 18.3. The average molecular weight is 479 g/mol. The number of esters is 1. The summed E-state index contributed by atoms with van der Waals surface area (Å²) in [6, 6.07) is 10.0. The average Bonchev–Trinajstić information content (AvgIpc) is 3.32. The molecule has 3 rings (SSSR count). The van der Waals surface area contributed by atoms with Crippen LogP contribution in [0, 0.1) is 0 Å². The molecule has 3 aromatic rings. The number of halogens is 3. The van der Waals surface area contributed by atoms with E-state index in [2.05, 4.69) is 5.32 Å². The van der Waals surface area contributed by atoms with Crippen molar-refractivity contribution in [3.05, 3.63) is 59.9 Å². The van der Waals surface area contributed by atoms with Crippen molar-refractivity contribution in [3.8, 4) is 28.6 Å². The van der Waals surface area contributed by atoms with Crippen molar-refractivity contribution >= 4 is 17.6 Å². The standard InChI is InChI=1S/C23H20F3NO7/c1-30-18-10-15(11-19(31-2)21(18)32-3)27-20(28)12-33-22(29)17-8-7-16(34-17)13-5-4-6-14(9-13)23(24,25)26/h4-11H,12H2,1-3H3,(H,27,28). The number of ether oxygens (including phenoxy) is 4. The van der Waals surface area contributed by atoms with Crippen LogP contribution in [-0.4, -0.2) is 39.8 Å². The summed E-state index contributed by atoms with van der Waals surface area (Å²) in [6.07, 6.45) is -4.52. The number of hydrogen-bond acceptors (Lipinski definition) is 7. The molecule has 0 radical (unpaired) electrons. The number of carbonyl (C=O) groups is 2. The molecule has 1 amide bonds. The quantitative estimate of drug-likeness (QED) is 0.464. The first-order valence-corrected chi connectivity index (χ1v) is 9.70. The molecule has 1 heterocycles. The zero-order valence-electron chi connectivity index (χ0n) is 18.3. The van der Waals surface area contributed by atoms with Gasteiger partial charge in [-0.2, -0.15) is 13.2 Å². The number of carbonyl (C=O) groups excluding carboxylic acids is 2. The first kappa shape index (κ1) is 24.5. The summed E-state index contributed by atoms with van der Waals surface area (Å²) in [5, 5.41) is 2.53. The summed E-state index contributed by atoms with van der Waals surface area (Å²) >= 11 is 0. The Hall–Kier alpha value is -4.15. The van der Waals surface area contributed by atoms with Gasteiger partial charge in [0.1, 0.15) is 5.76 Å². The van der Waals surface area contributed by atoms with Gasteiger partial charge in [-0.3, -0.25) is 4.79 Å². The van der Waals surface area contributed by atoms with E-state index in [-0.39, 0.29) is 17.1 Å². The highest BCUT2D eigenvalue weighted by Crippen LogP contribution is 2.40. The van der Waals surface area contributed by atoms with Crippen LogP contribution < -0.4 is 19.5 Å². The SMILES string of the molecule is COc1cc(NC(=O)COC(=O)c2ccc(-c3cccc(C(F)(F)F)c3)o2)cc(OC)c1OC. The van der Waals surface area contributed by atoms with Gasteiger partial charge < -0.3 is 28.7 Å². The second-order valence-electron chi connectivity index (χ2n) is 6.78. The molecule has 0 fully saturated rings. The van der Waals surface area contributed by atoms with Gasteiger partial charge in [-0.25, -0.2) is 4.79 Å². The molecular weight excluding hydrogens is 459 g/mol. The molecule has 0 spiro atoms. The number of hydrogen-bond donors (Lipinski definition) is 1. The van der Waals surface area contributed by atoms with Crippen molar-refractivity contribution in [3.63, 3.8) is 0 Å². The lowest BCUT2D eigenvalue weighted by atomic mass is 10.1. The van der Waals surface area contributed by atoms with Crippen LogP contribution in [0.25, 0.3) is 11.3 Å². The fourth-order valence-corrected chi connectivity index (χ4v) is 3.00. The van der Waals surface area contributed by atoms with Crippen LogP contribution in [0.5, 0.6) is 17.2 Å². The normalized spacial score (nSPS) is 11.0. The lowest BCUT2D eigenvalue weighted by Gasteiger charge is -2.14. The Morgan fingerprint density at radius 3 is 2.21 bits per heavy atom. The molecule has 0 aliphatic rings. The maximum atomic E-state index is 12.9. The van der Waals surface area contributed by atoms with E-state index in [1.807, 2.05) is 0 Å². The molecule has 0 atom stereocenters. The number of nitrogens with one attached hydrogen (secondary N) is 1. The molecule has 11 heteroatoms. The lowest BCUT2D eigenvalue weighted by molar-refractivity contribution is -0.137. The van der Waals surface area contributed by atoms with E-state index in [0.29, 0.717) is 22.9 Å². The predicted molar refractivity (Wildman–Crippen MR) is 114 cm³/mol. The van der Waals surface area contributed by atoms with Crippen molar-refractivity contribution in [2.45, 2.75) is 6.18 Å². The van der Waals surface area contributed by atoms with Gasteiger partial charge in [-0.15, -0.1) is 0 Å². The van der Waals surface area contributed by atoms with Crippen molar-refractivity contribution in [2.75, 3.05) is 33.3 Å². The Morgan fingerprint density at radius 2 is 1.62 bits per heavy atom. The molecule has 1 N–H and O–H groups in total. The Balaban J connectivity index is 1.64. The van der Waals surface area contributed by atoms with Gasteiger partial charge in [-0.1, -0.05) is 12.1 Å². The summed E-state index contributed by atoms with van der Waals surface area (Å²) in [6.45, 7) is -0.644. The van der Waals surface area contributed by atoms with Crippen LogP contribution in [0.4, 0.5) is 18.9 Å². The molecule has 0 aliphatic carbocycles. The van der Waals surface area contributed by atoms with E-state index in [4.69, 9.17) is 23.4 Å². The monoisotopic (exact) mass is 479 g/mol. The molecule has 34 heavy (non-hydrogen) atoms. The van der Waals surface area contributed by atoms with Crippen LogP contribution >= 0.6 is 0 Å². The molecule has 0 saturated heterocycles. The van der Waals surface area contributed by atoms with E-state index in [9.17, 15) is 22.8 Å². The van der Waals surface area contributed by atoms with Gasteiger partial charge in [0.05, 0.1) is 26.9 Å². The number of alkyl halides is 3. The maximum absolute atomic E-state index is 12.9. The molecule has 0 unspecified atom stereocenters. The fourth-order valence-electron chi connectivity index (χ4n) is 3.00. The molecule has 2 aromatic carbocycles.